The van der Waals surface area contributed by atoms with Crippen molar-refractivity contribution in [1.29, 1.82) is 0 Å². The Morgan fingerprint density at radius 1 is 1.29 bits per heavy atom. The Kier molecular flexibility index (Phi) is 6.31. The van der Waals surface area contributed by atoms with Crippen molar-refractivity contribution in [3.05, 3.63) is 0 Å². The summed E-state index contributed by atoms with van der Waals surface area (Å²) in [6.45, 7) is 6.89. The lowest BCUT2D eigenvalue weighted by molar-refractivity contribution is 0.535. The first-order valence-corrected chi connectivity index (χ1v) is 6.70. The smallest absolute Gasteiger partial charge is 0.211 e. The minimum absolute atomic E-state index is 0.198. The van der Waals surface area contributed by atoms with Crippen molar-refractivity contribution in [3.8, 4) is 0 Å². The van der Waals surface area contributed by atoms with E-state index in [1.165, 1.54) is 0 Å². The van der Waals surface area contributed by atoms with Gasteiger partial charge in [-0.05, 0) is 24.8 Å². The van der Waals surface area contributed by atoms with Crippen molar-refractivity contribution in [3.63, 3.8) is 0 Å². The molecule has 1 atom stereocenters. The fourth-order valence-electron chi connectivity index (χ4n) is 0.816. The summed E-state index contributed by atoms with van der Waals surface area (Å²) < 4.78 is 25.4. The first-order valence-electron chi connectivity index (χ1n) is 5.04. The molecule has 5 heteroatoms. The Labute approximate surface area is 87.3 Å². The van der Waals surface area contributed by atoms with Gasteiger partial charge in [-0.15, -0.1) is 0 Å². The molecule has 0 heterocycles. The van der Waals surface area contributed by atoms with Gasteiger partial charge in [-0.3, -0.25) is 0 Å². The molecule has 0 aromatic carbocycles. The highest BCUT2D eigenvalue weighted by molar-refractivity contribution is 7.89. The van der Waals surface area contributed by atoms with Crippen LogP contribution in [0, 0.1) is 11.8 Å². The highest BCUT2D eigenvalue weighted by atomic mass is 32.2. The summed E-state index contributed by atoms with van der Waals surface area (Å²) in [5.41, 5.74) is 5.39. The molecule has 1 unspecified atom stereocenters. The first kappa shape index (κ1) is 13.9. The maximum atomic E-state index is 11.4. The lowest BCUT2D eigenvalue weighted by Crippen LogP contribution is -2.33. The molecule has 0 saturated carbocycles. The van der Waals surface area contributed by atoms with Crippen LogP contribution in [0.5, 0.6) is 0 Å². The van der Waals surface area contributed by atoms with Gasteiger partial charge in [0.1, 0.15) is 0 Å². The molecular weight excluding hydrogens is 200 g/mol. The van der Waals surface area contributed by atoms with Crippen molar-refractivity contribution < 1.29 is 8.42 Å². The second-order valence-electron chi connectivity index (χ2n) is 4.19. The van der Waals surface area contributed by atoms with E-state index in [0.717, 1.165) is 0 Å². The molecule has 0 aromatic heterocycles. The molecule has 0 fully saturated rings. The zero-order valence-corrected chi connectivity index (χ0v) is 10.1. The van der Waals surface area contributed by atoms with Crippen molar-refractivity contribution in [2.24, 2.45) is 17.6 Å². The van der Waals surface area contributed by atoms with E-state index in [1.54, 1.807) is 0 Å². The number of hydrogen-bond acceptors (Lipinski definition) is 3. The van der Waals surface area contributed by atoms with E-state index in [9.17, 15) is 8.42 Å². The summed E-state index contributed by atoms with van der Waals surface area (Å²) in [6.07, 6.45) is 0.701. The molecule has 4 nitrogen and oxygen atoms in total. The molecule has 0 amide bonds. The standard InChI is InChI=1S/C9H22N2O2S/c1-8(2)4-5-14(12,13)11-7-9(3)6-10/h8-9,11H,4-7,10H2,1-3H3. The van der Waals surface area contributed by atoms with E-state index >= 15 is 0 Å². The third-order valence-corrected chi connectivity index (χ3v) is 3.40. The van der Waals surface area contributed by atoms with E-state index in [0.29, 0.717) is 25.4 Å². The highest BCUT2D eigenvalue weighted by Gasteiger charge is 2.11. The SMILES string of the molecule is CC(C)CCS(=O)(=O)NCC(C)CN. The quantitative estimate of drug-likeness (QED) is 0.660. The highest BCUT2D eigenvalue weighted by Crippen LogP contribution is 2.02. The molecule has 14 heavy (non-hydrogen) atoms. The average molecular weight is 222 g/mol. The predicted molar refractivity (Wildman–Crippen MR) is 59.5 cm³/mol. The molecule has 0 saturated heterocycles. The van der Waals surface area contributed by atoms with Gasteiger partial charge in [0.25, 0.3) is 0 Å². The van der Waals surface area contributed by atoms with Crippen LogP contribution in [-0.4, -0.2) is 27.3 Å². The Hall–Kier alpha value is -0.130. The minimum atomic E-state index is -3.09. The van der Waals surface area contributed by atoms with Crippen LogP contribution in [0.4, 0.5) is 0 Å². The van der Waals surface area contributed by atoms with Crippen molar-refractivity contribution >= 4 is 10.0 Å². The minimum Gasteiger partial charge on any atom is -0.330 e. The maximum Gasteiger partial charge on any atom is 0.211 e. The lowest BCUT2D eigenvalue weighted by atomic mass is 10.2. The predicted octanol–water partition coefficient (Wildman–Crippen LogP) is 0.547. The van der Waals surface area contributed by atoms with Gasteiger partial charge in [-0.1, -0.05) is 20.8 Å². The van der Waals surface area contributed by atoms with Gasteiger partial charge in [0, 0.05) is 6.54 Å². The summed E-state index contributed by atoms with van der Waals surface area (Å²) in [4.78, 5) is 0. The summed E-state index contributed by atoms with van der Waals surface area (Å²) in [6, 6.07) is 0. The molecule has 0 bridgehead atoms. The van der Waals surface area contributed by atoms with Gasteiger partial charge in [0.15, 0.2) is 0 Å². The van der Waals surface area contributed by atoms with Crippen LogP contribution in [-0.2, 0) is 10.0 Å². The van der Waals surface area contributed by atoms with Crippen LogP contribution in [0.1, 0.15) is 27.2 Å². The summed E-state index contributed by atoms with van der Waals surface area (Å²) in [5, 5.41) is 0. The molecule has 0 aromatic rings. The molecule has 0 aliphatic heterocycles. The molecule has 3 N–H and O–H groups in total. The van der Waals surface area contributed by atoms with Crippen molar-refractivity contribution in [2.45, 2.75) is 27.2 Å². The van der Waals surface area contributed by atoms with Gasteiger partial charge in [0.05, 0.1) is 5.75 Å². The third kappa shape index (κ3) is 7.29. The van der Waals surface area contributed by atoms with Crippen LogP contribution >= 0.6 is 0 Å². The zero-order valence-electron chi connectivity index (χ0n) is 9.29. The third-order valence-electron chi connectivity index (χ3n) is 2.02. The van der Waals surface area contributed by atoms with Crippen LogP contribution in [0.25, 0.3) is 0 Å². The monoisotopic (exact) mass is 222 g/mol. The summed E-state index contributed by atoms with van der Waals surface area (Å²) >= 11 is 0. The normalized spacial score (nSPS) is 14.6. The molecule has 86 valence electrons. The van der Waals surface area contributed by atoms with Crippen LogP contribution in [0.15, 0.2) is 0 Å². The molecule has 0 rings (SSSR count). The second-order valence-corrected chi connectivity index (χ2v) is 6.12. The largest absolute Gasteiger partial charge is 0.330 e. The second kappa shape index (κ2) is 6.37. The number of rotatable bonds is 7. The number of sulfonamides is 1. The van der Waals surface area contributed by atoms with E-state index < -0.39 is 10.0 Å². The fraction of sp³-hybridized carbons (Fsp3) is 1.00. The van der Waals surface area contributed by atoms with Gasteiger partial charge in [-0.2, -0.15) is 0 Å². The topological polar surface area (TPSA) is 72.2 Å². The average Bonchev–Trinajstić information content (AvgIpc) is 2.11. The summed E-state index contributed by atoms with van der Waals surface area (Å²) in [7, 11) is -3.09. The van der Waals surface area contributed by atoms with Gasteiger partial charge in [0.2, 0.25) is 10.0 Å². The Morgan fingerprint density at radius 2 is 1.86 bits per heavy atom. The molecule has 0 aliphatic rings. The fourth-order valence-corrected chi connectivity index (χ4v) is 2.28. The van der Waals surface area contributed by atoms with Crippen LogP contribution in [0.2, 0.25) is 0 Å². The van der Waals surface area contributed by atoms with E-state index in [1.807, 2.05) is 20.8 Å². The van der Waals surface area contributed by atoms with Crippen LogP contribution < -0.4 is 10.5 Å². The van der Waals surface area contributed by atoms with Crippen molar-refractivity contribution in [1.82, 2.24) is 4.72 Å². The van der Waals surface area contributed by atoms with E-state index in [4.69, 9.17) is 5.73 Å². The van der Waals surface area contributed by atoms with Gasteiger partial charge >= 0.3 is 0 Å². The maximum absolute atomic E-state index is 11.4. The summed E-state index contributed by atoms with van der Waals surface area (Å²) in [5.74, 6) is 0.824. The van der Waals surface area contributed by atoms with E-state index in [2.05, 4.69) is 4.72 Å². The number of hydrogen-bond donors (Lipinski definition) is 2. The first-order chi connectivity index (χ1) is 6.37. The Morgan fingerprint density at radius 3 is 2.29 bits per heavy atom. The molecular formula is C9H22N2O2S. The van der Waals surface area contributed by atoms with Crippen molar-refractivity contribution in [2.75, 3.05) is 18.8 Å². The zero-order chi connectivity index (χ0) is 11.2. The van der Waals surface area contributed by atoms with Gasteiger partial charge in [-0.25, -0.2) is 13.1 Å². The number of nitrogens with one attached hydrogen (secondary N) is 1. The molecule has 0 spiro atoms. The molecule has 0 radical (unpaired) electrons. The number of nitrogens with two attached hydrogens (primary N) is 1. The lowest BCUT2D eigenvalue weighted by Gasteiger charge is -2.11. The molecule has 0 aliphatic carbocycles. The Balaban J connectivity index is 3.84. The van der Waals surface area contributed by atoms with E-state index in [-0.39, 0.29) is 11.7 Å². The Bertz CT molecular complexity index is 237. The van der Waals surface area contributed by atoms with Gasteiger partial charge < -0.3 is 5.73 Å². The van der Waals surface area contributed by atoms with Crippen LogP contribution in [0.3, 0.4) is 0 Å².